The summed E-state index contributed by atoms with van der Waals surface area (Å²) in [6.45, 7) is 1.69. The van der Waals surface area contributed by atoms with Gasteiger partial charge in [0.25, 0.3) is 5.91 Å². The highest BCUT2D eigenvalue weighted by atomic mass is 35.5. The summed E-state index contributed by atoms with van der Waals surface area (Å²) in [6, 6.07) is 5.28. The van der Waals surface area contributed by atoms with Crippen molar-refractivity contribution in [1.82, 2.24) is 25.3 Å². The SMILES string of the molecule is O=C(Nc1cccc(Cl)n1)c1cn(C2CNC2)nn1. The molecule has 7 nitrogen and oxygen atoms in total. The Morgan fingerprint density at radius 3 is 3.00 bits per heavy atom. The second-order valence-electron chi connectivity index (χ2n) is 4.20. The molecule has 0 saturated carbocycles. The molecule has 98 valence electrons. The molecule has 0 unspecified atom stereocenters. The van der Waals surface area contributed by atoms with E-state index in [2.05, 4.69) is 25.9 Å². The number of nitrogens with zero attached hydrogens (tertiary/aromatic N) is 4. The van der Waals surface area contributed by atoms with Crippen molar-refractivity contribution in [1.29, 1.82) is 0 Å². The normalized spacial score (nSPS) is 15.0. The molecular weight excluding hydrogens is 268 g/mol. The van der Waals surface area contributed by atoms with Gasteiger partial charge in [-0.3, -0.25) is 4.79 Å². The van der Waals surface area contributed by atoms with Gasteiger partial charge in [0.15, 0.2) is 5.69 Å². The summed E-state index contributed by atoms with van der Waals surface area (Å²) in [5, 5.41) is 13.9. The van der Waals surface area contributed by atoms with E-state index in [0.29, 0.717) is 11.0 Å². The smallest absolute Gasteiger partial charge is 0.278 e. The zero-order valence-corrected chi connectivity index (χ0v) is 10.6. The summed E-state index contributed by atoms with van der Waals surface area (Å²) in [5.74, 6) is 0.0330. The van der Waals surface area contributed by atoms with Crippen molar-refractivity contribution >= 4 is 23.3 Å². The number of nitrogens with one attached hydrogen (secondary N) is 2. The fourth-order valence-electron chi connectivity index (χ4n) is 1.68. The molecule has 1 saturated heterocycles. The highest BCUT2D eigenvalue weighted by Crippen LogP contribution is 2.12. The van der Waals surface area contributed by atoms with Crippen LogP contribution in [-0.2, 0) is 0 Å². The van der Waals surface area contributed by atoms with Crippen LogP contribution in [0.15, 0.2) is 24.4 Å². The van der Waals surface area contributed by atoms with Crippen LogP contribution >= 0.6 is 11.6 Å². The lowest BCUT2D eigenvalue weighted by molar-refractivity contribution is 0.102. The average Bonchev–Trinajstić information content (AvgIpc) is 2.76. The fourth-order valence-corrected chi connectivity index (χ4v) is 1.84. The number of carbonyl (C=O) groups is 1. The summed E-state index contributed by atoms with van der Waals surface area (Å²) in [4.78, 5) is 15.9. The zero-order chi connectivity index (χ0) is 13.2. The van der Waals surface area contributed by atoms with Gasteiger partial charge in [0.2, 0.25) is 0 Å². The van der Waals surface area contributed by atoms with Crippen LogP contribution < -0.4 is 10.6 Å². The van der Waals surface area contributed by atoms with E-state index in [1.54, 1.807) is 29.1 Å². The Kier molecular flexibility index (Phi) is 3.14. The van der Waals surface area contributed by atoms with E-state index in [-0.39, 0.29) is 17.6 Å². The van der Waals surface area contributed by atoms with Crippen LogP contribution in [0.25, 0.3) is 0 Å². The predicted molar refractivity (Wildman–Crippen MR) is 69.1 cm³/mol. The van der Waals surface area contributed by atoms with Crippen molar-refractivity contribution in [3.05, 3.63) is 35.2 Å². The number of carbonyl (C=O) groups excluding carboxylic acids is 1. The first-order chi connectivity index (χ1) is 9.22. The number of anilines is 1. The number of hydrogen-bond donors (Lipinski definition) is 2. The zero-order valence-electron chi connectivity index (χ0n) is 9.88. The first kappa shape index (κ1) is 12.1. The van der Waals surface area contributed by atoms with Crippen molar-refractivity contribution < 1.29 is 4.79 Å². The van der Waals surface area contributed by atoms with E-state index in [0.717, 1.165) is 13.1 Å². The van der Waals surface area contributed by atoms with Crippen LogP contribution in [0.1, 0.15) is 16.5 Å². The van der Waals surface area contributed by atoms with Gasteiger partial charge in [-0.2, -0.15) is 0 Å². The van der Waals surface area contributed by atoms with Crippen LogP contribution in [-0.4, -0.2) is 39.0 Å². The molecule has 0 atom stereocenters. The summed E-state index contributed by atoms with van der Waals surface area (Å²) in [7, 11) is 0. The second kappa shape index (κ2) is 4.94. The molecule has 0 aromatic carbocycles. The number of pyridine rings is 1. The highest BCUT2D eigenvalue weighted by Gasteiger charge is 2.21. The molecule has 2 aromatic rings. The minimum atomic E-state index is -0.353. The average molecular weight is 279 g/mol. The molecule has 3 heterocycles. The summed E-state index contributed by atoms with van der Waals surface area (Å²) >= 11 is 5.74. The number of halogens is 1. The Balaban J connectivity index is 1.71. The molecule has 0 radical (unpaired) electrons. The maximum Gasteiger partial charge on any atom is 0.278 e. The summed E-state index contributed by atoms with van der Waals surface area (Å²) in [6.07, 6.45) is 1.63. The maximum atomic E-state index is 11.9. The quantitative estimate of drug-likeness (QED) is 0.808. The Morgan fingerprint density at radius 2 is 2.32 bits per heavy atom. The standard InChI is InChI=1S/C11H11ClN6O/c12-9-2-1-3-10(14-9)15-11(19)8-6-18(17-16-8)7-4-13-5-7/h1-3,6-7,13H,4-5H2,(H,14,15,19). The lowest BCUT2D eigenvalue weighted by Crippen LogP contribution is -2.43. The third kappa shape index (κ3) is 2.56. The molecule has 0 bridgehead atoms. The van der Waals surface area contributed by atoms with Gasteiger partial charge in [0.1, 0.15) is 11.0 Å². The molecular formula is C11H11ClN6O. The molecule has 1 aliphatic heterocycles. The molecule has 1 amide bonds. The topological polar surface area (TPSA) is 84.7 Å². The van der Waals surface area contributed by atoms with Gasteiger partial charge in [-0.1, -0.05) is 22.9 Å². The third-order valence-electron chi connectivity index (χ3n) is 2.83. The minimum Gasteiger partial charge on any atom is -0.312 e. The first-order valence-electron chi connectivity index (χ1n) is 5.79. The van der Waals surface area contributed by atoms with Gasteiger partial charge in [0, 0.05) is 13.1 Å². The Bertz CT molecular complexity index is 609. The molecule has 8 heteroatoms. The van der Waals surface area contributed by atoms with Gasteiger partial charge in [-0.25, -0.2) is 9.67 Å². The minimum absolute atomic E-state index is 0.258. The number of hydrogen-bond acceptors (Lipinski definition) is 5. The number of amides is 1. The maximum absolute atomic E-state index is 11.9. The van der Waals surface area contributed by atoms with Crippen molar-refractivity contribution in [2.24, 2.45) is 0 Å². The summed E-state index contributed by atoms with van der Waals surface area (Å²) in [5.41, 5.74) is 0.258. The second-order valence-corrected chi connectivity index (χ2v) is 4.58. The molecule has 3 rings (SSSR count). The van der Waals surface area contributed by atoms with Crippen LogP contribution in [0, 0.1) is 0 Å². The molecule has 19 heavy (non-hydrogen) atoms. The Hall–Kier alpha value is -1.99. The number of rotatable bonds is 3. The van der Waals surface area contributed by atoms with E-state index in [1.807, 2.05) is 0 Å². The number of aromatic nitrogens is 4. The van der Waals surface area contributed by atoms with E-state index in [1.165, 1.54) is 0 Å². The van der Waals surface area contributed by atoms with Gasteiger partial charge in [-0.15, -0.1) is 5.10 Å². The Labute approximate surface area is 114 Å². The largest absolute Gasteiger partial charge is 0.312 e. The van der Waals surface area contributed by atoms with Crippen molar-refractivity contribution in [3.63, 3.8) is 0 Å². The molecule has 2 N–H and O–H groups in total. The molecule has 1 aliphatic rings. The molecule has 1 fully saturated rings. The van der Waals surface area contributed by atoms with E-state index < -0.39 is 0 Å². The monoisotopic (exact) mass is 278 g/mol. The van der Waals surface area contributed by atoms with Crippen LogP contribution in [0.4, 0.5) is 5.82 Å². The van der Waals surface area contributed by atoms with E-state index in [4.69, 9.17) is 11.6 Å². The Morgan fingerprint density at radius 1 is 1.47 bits per heavy atom. The molecule has 2 aromatic heterocycles. The van der Waals surface area contributed by atoms with Crippen molar-refractivity contribution in [2.75, 3.05) is 18.4 Å². The molecule has 0 aliphatic carbocycles. The van der Waals surface area contributed by atoms with E-state index >= 15 is 0 Å². The highest BCUT2D eigenvalue weighted by molar-refractivity contribution is 6.29. The van der Waals surface area contributed by atoms with Crippen LogP contribution in [0.5, 0.6) is 0 Å². The van der Waals surface area contributed by atoms with Crippen LogP contribution in [0.2, 0.25) is 5.15 Å². The first-order valence-corrected chi connectivity index (χ1v) is 6.16. The van der Waals surface area contributed by atoms with Crippen molar-refractivity contribution in [2.45, 2.75) is 6.04 Å². The predicted octanol–water partition coefficient (Wildman–Crippen LogP) is 0.723. The fraction of sp³-hybridized carbons (Fsp3) is 0.273. The van der Waals surface area contributed by atoms with Crippen LogP contribution in [0.3, 0.4) is 0 Å². The summed E-state index contributed by atoms with van der Waals surface area (Å²) < 4.78 is 1.69. The van der Waals surface area contributed by atoms with Crippen molar-refractivity contribution in [3.8, 4) is 0 Å². The van der Waals surface area contributed by atoms with Gasteiger partial charge in [0.05, 0.1) is 12.2 Å². The van der Waals surface area contributed by atoms with Gasteiger partial charge >= 0.3 is 0 Å². The van der Waals surface area contributed by atoms with E-state index in [9.17, 15) is 4.79 Å². The van der Waals surface area contributed by atoms with Gasteiger partial charge in [-0.05, 0) is 12.1 Å². The molecule has 0 spiro atoms. The lowest BCUT2D eigenvalue weighted by atomic mass is 10.2. The third-order valence-corrected chi connectivity index (χ3v) is 3.04. The van der Waals surface area contributed by atoms with Gasteiger partial charge < -0.3 is 10.6 Å². The lowest BCUT2D eigenvalue weighted by Gasteiger charge is -2.26.